The van der Waals surface area contributed by atoms with E-state index in [0.717, 1.165) is 44.4 Å². The minimum Gasteiger partial charge on any atom is -0.352 e. The minimum atomic E-state index is -0.813. The van der Waals surface area contributed by atoms with E-state index in [4.69, 9.17) is 0 Å². The number of carbonyl (C=O) groups excluding carboxylic acids is 3. The molecule has 2 N–H and O–H groups in total. The van der Waals surface area contributed by atoms with Gasteiger partial charge in [0.25, 0.3) is 0 Å². The van der Waals surface area contributed by atoms with Gasteiger partial charge in [-0.1, -0.05) is 57.9 Å². The third-order valence-corrected chi connectivity index (χ3v) is 5.95. The van der Waals surface area contributed by atoms with E-state index in [2.05, 4.69) is 15.8 Å². The lowest BCUT2D eigenvalue weighted by atomic mass is 9.82. The van der Waals surface area contributed by atoms with Crippen LogP contribution in [0.25, 0.3) is 0 Å². The molecule has 1 heterocycles. The van der Waals surface area contributed by atoms with Crippen LogP contribution >= 0.6 is 11.8 Å². The van der Waals surface area contributed by atoms with Crippen LogP contribution in [-0.4, -0.2) is 53.1 Å². The van der Waals surface area contributed by atoms with Crippen LogP contribution in [0.3, 0.4) is 0 Å². The maximum Gasteiger partial charge on any atom is 0.309 e. The molecule has 0 radical (unpaired) electrons. The van der Waals surface area contributed by atoms with Crippen LogP contribution in [-0.2, 0) is 14.4 Å². The van der Waals surface area contributed by atoms with Crippen molar-refractivity contribution in [3.05, 3.63) is 12.2 Å². The van der Waals surface area contributed by atoms with Crippen molar-refractivity contribution in [2.45, 2.75) is 58.9 Å². The number of Topliss-reactive ketones (excluding diaryl/α,β-unsaturated/α-hetero) is 1. The Morgan fingerprint density at radius 1 is 1.21 bits per heavy atom. The predicted octanol–water partition coefficient (Wildman–Crippen LogP) is 2.29. The van der Waals surface area contributed by atoms with Crippen molar-refractivity contribution in [1.82, 2.24) is 15.6 Å². The summed E-state index contributed by atoms with van der Waals surface area (Å²) in [6, 6.07) is -0.813. The Bertz CT molecular complexity index is 648. The van der Waals surface area contributed by atoms with Crippen LogP contribution in [0, 0.1) is 11.3 Å². The summed E-state index contributed by atoms with van der Waals surface area (Å²) in [7, 11) is 1.89. The number of carbonyl (C=O) groups is 3. The van der Waals surface area contributed by atoms with Gasteiger partial charge in [-0.25, -0.2) is 5.43 Å². The Labute approximate surface area is 171 Å². The second-order valence-corrected chi connectivity index (χ2v) is 9.62. The van der Waals surface area contributed by atoms with Crippen molar-refractivity contribution in [1.29, 1.82) is 0 Å². The summed E-state index contributed by atoms with van der Waals surface area (Å²) in [5.74, 6) is -0.859. The SMILES string of the molecule is CN1CCSC1=NNC(=O)C(=O)C(NC(=O)C=CC(C)(C)C)C1CCCCC1. The summed E-state index contributed by atoms with van der Waals surface area (Å²) >= 11 is 1.53. The highest BCUT2D eigenvalue weighted by atomic mass is 32.2. The molecule has 1 atom stereocenters. The molecule has 7 nitrogen and oxygen atoms in total. The molecule has 1 saturated carbocycles. The number of thioether (sulfide) groups is 1. The number of hydrogen-bond donors (Lipinski definition) is 2. The Kier molecular flexibility index (Phi) is 8.10. The number of nitrogens with one attached hydrogen (secondary N) is 2. The maximum atomic E-state index is 12.8. The molecule has 28 heavy (non-hydrogen) atoms. The van der Waals surface area contributed by atoms with Crippen molar-refractivity contribution in [2.75, 3.05) is 19.3 Å². The highest BCUT2D eigenvalue weighted by Gasteiger charge is 2.34. The van der Waals surface area contributed by atoms with E-state index in [1.165, 1.54) is 17.8 Å². The molecule has 0 bridgehead atoms. The maximum absolute atomic E-state index is 12.8. The normalized spacial score (nSPS) is 21.1. The zero-order chi connectivity index (χ0) is 20.7. The van der Waals surface area contributed by atoms with E-state index in [0.29, 0.717) is 5.17 Å². The Hall–Kier alpha value is -1.83. The molecule has 1 aliphatic carbocycles. The summed E-state index contributed by atoms with van der Waals surface area (Å²) in [4.78, 5) is 39.5. The first-order valence-corrected chi connectivity index (χ1v) is 10.9. The second kappa shape index (κ2) is 10.1. The van der Waals surface area contributed by atoms with Crippen LogP contribution < -0.4 is 10.7 Å². The Balaban J connectivity index is 2.06. The van der Waals surface area contributed by atoms with Gasteiger partial charge < -0.3 is 10.2 Å². The number of nitrogens with zero attached hydrogens (tertiary/aromatic N) is 2. The van der Waals surface area contributed by atoms with Crippen molar-refractivity contribution in [2.24, 2.45) is 16.4 Å². The molecule has 2 fully saturated rings. The smallest absolute Gasteiger partial charge is 0.309 e. The summed E-state index contributed by atoms with van der Waals surface area (Å²) in [6.07, 6.45) is 8.05. The van der Waals surface area contributed by atoms with Crippen molar-refractivity contribution in [3.8, 4) is 0 Å². The first-order valence-electron chi connectivity index (χ1n) is 9.93. The fraction of sp³-hybridized carbons (Fsp3) is 0.700. The van der Waals surface area contributed by atoms with Crippen LogP contribution in [0.5, 0.6) is 0 Å². The molecule has 2 aliphatic rings. The highest BCUT2D eigenvalue weighted by Crippen LogP contribution is 2.27. The fourth-order valence-corrected chi connectivity index (χ4v) is 4.25. The lowest BCUT2D eigenvalue weighted by Gasteiger charge is -2.29. The van der Waals surface area contributed by atoms with Crippen LogP contribution in [0.1, 0.15) is 52.9 Å². The van der Waals surface area contributed by atoms with Gasteiger partial charge in [0, 0.05) is 19.3 Å². The van der Waals surface area contributed by atoms with E-state index in [-0.39, 0.29) is 17.2 Å². The zero-order valence-electron chi connectivity index (χ0n) is 17.3. The fourth-order valence-electron chi connectivity index (χ4n) is 3.28. The third kappa shape index (κ3) is 6.96. The topological polar surface area (TPSA) is 90.9 Å². The molecule has 1 unspecified atom stereocenters. The monoisotopic (exact) mass is 408 g/mol. The average molecular weight is 409 g/mol. The molecular formula is C20H32N4O3S. The van der Waals surface area contributed by atoms with Crippen LogP contribution in [0.15, 0.2) is 17.3 Å². The van der Waals surface area contributed by atoms with Crippen LogP contribution in [0.4, 0.5) is 0 Å². The highest BCUT2D eigenvalue weighted by molar-refractivity contribution is 8.14. The van der Waals surface area contributed by atoms with E-state index in [1.807, 2.05) is 32.7 Å². The average Bonchev–Trinajstić information content (AvgIpc) is 3.07. The number of hydrogen-bond acceptors (Lipinski definition) is 5. The number of allylic oxidation sites excluding steroid dienone is 1. The number of hydrazone groups is 1. The van der Waals surface area contributed by atoms with E-state index < -0.39 is 17.7 Å². The van der Waals surface area contributed by atoms with E-state index >= 15 is 0 Å². The summed E-state index contributed by atoms with van der Waals surface area (Å²) in [6.45, 7) is 6.83. The van der Waals surface area contributed by atoms with Crippen molar-refractivity contribution in [3.63, 3.8) is 0 Å². The molecule has 2 rings (SSSR count). The quantitative estimate of drug-likeness (QED) is 0.400. The van der Waals surface area contributed by atoms with Gasteiger partial charge in [-0.05, 0) is 30.3 Å². The molecule has 1 aliphatic heterocycles. The standard InChI is InChI=1S/C20H32N4O3S/c1-20(2,3)11-10-15(25)21-16(14-8-6-5-7-9-14)17(26)18(27)22-23-19-24(4)12-13-28-19/h10-11,14,16H,5-9,12-13H2,1-4H3,(H,21,25)(H,22,27). The van der Waals surface area contributed by atoms with Crippen molar-refractivity contribution < 1.29 is 14.4 Å². The number of ketones is 1. The molecule has 8 heteroatoms. The molecule has 1 saturated heterocycles. The number of amidine groups is 1. The third-order valence-electron chi connectivity index (χ3n) is 4.90. The van der Waals surface area contributed by atoms with Gasteiger partial charge in [-0.3, -0.25) is 14.4 Å². The molecule has 0 aromatic carbocycles. The largest absolute Gasteiger partial charge is 0.352 e. The summed E-state index contributed by atoms with van der Waals surface area (Å²) in [5.41, 5.74) is 2.23. The van der Waals surface area contributed by atoms with Gasteiger partial charge in [-0.15, -0.1) is 5.10 Å². The number of rotatable bonds is 6. The molecule has 0 spiro atoms. The summed E-state index contributed by atoms with van der Waals surface area (Å²) in [5, 5.41) is 7.52. The Morgan fingerprint density at radius 3 is 2.46 bits per heavy atom. The molecule has 0 aromatic heterocycles. The van der Waals surface area contributed by atoms with Gasteiger partial charge in [0.2, 0.25) is 11.7 Å². The molecule has 0 aromatic rings. The number of amides is 2. The van der Waals surface area contributed by atoms with Gasteiger partial charge in [0.05, 0.1) is 0 Å². The van der Waals surface area contributed by atoms with E-state index in [9.17, 15) is 14.4 Å². The molecular weight excluding hydrogens is 376 g/mol. The lowest BCUT2D eigenvalue weighted by Crippen LogP contribution is -2.51. The zero-order valence-corrected chi connectivity index (χ0v) is 18.1. The predicted molar refractivity (Wildman–Crippen MR) is 113 cm³/mol. The van der Waals surface area contributed by atoms with Gasteiger partial charge >= 0.3 is 5.91 Å². The van der Waals surface area contributed by atoms with E-state index in [1.54, 1.807) is 6.08 Å². The van der Waals surface area contributed by atoms with Crippen molar-refractivity contribution >= 4 is 34.5 Å². The van der Waals surface area contributed by atoms with Crippen LogP contribution in [0.2, 0.25) is 0 Å². The molecule has 2 amide bonds. The molecule has 156 valence electrons. The lowest BCUT2D eigenvalue weighted by molar-refractivity contribution is -0.140. The first-order chi connectivity index (χ1) is 13.2. The first kappa shape index (κ1) is 22.5. The minimum absolute atomic E-state index is 0.0184. The van der Waals surface area contributed by atoms with Gasteiger partial charge in [0.1, 0.15) is 6.04 Å². The Morgan fingerprint density at radius 2 is 1.89 bits per heavy atom. The second-order valence-electron chi connectivity index (χ2n) is 8.55. The summed E-state index contributed by atoms with van der Waals surface area (Å²) < 4.78 is 0. The van der Waals surface area contributed by atoms with Gasteiger partial charge in [-0.2, -0.15) is 0 Å². The van der Waals surface area contributed by atoms with Gasteiger partial charge in [0.15, 0.2) is 5.17 Å².